The van der Waals surface area contributed by atoms with E-state index in [1.807, 2.05) is 30.3 Å². The number of Topliss-reactive ketones (excluding diaryl/α,β-unsaturated/α-hetero) is 1. The number of nitrogens with one attached hydrogen (secondary N) is 1. The number of ketones is 1. The molecule has 152 valence electrons. The zero-order chi connectivity index (χ0) is 19.0. The minimum atomic E-state index is -0.551. The van der Waals surface area contributed by atoms with Crippen molar-refractivity contribution in [3.05, 3.63) is 51.2 Å². The summed E-state index contributed by atoms with van der Waals surface area (Å²) in [5.74, 6) is 1.07. The van der Waals surface area contributed by atoms with E-state index < -0.39 is 6.10 Å². The summed E-state index contributed by atoms with van der Waals surface area (Å²) in [4.78, 5) is 15.4. The van der Waals surface area contributed by atoms with E-state index >= 15 is 0 Å². The Bertz CT molecular complexity index is 823. The lowest BCUT2D eigenvalue weighted by Crippen LogP contribution is -2.44. The molecule has 4 atom stereocenters. The predicted octanol–water partition coefficient (Wildman–Crippen LogP) is 4.09. The van der Waals surface area contributed by atoms with Gasteiger partial charge in [-0.15, -0.1) is 23.7 Å². The number of benzene rings is 1. The third-order valence-corrected chi connectivity index (χ3v) is 7.27. The molecule has 1 fully saturated rings. The standard InChI is InChI=1S/C22H27NO3S.ClH/c1-13-14(2)27-19-11-8-15(21(24)20(13)19)12-23-17-9-10-18(22(17)25)26-16-6-4-3-5-7-16;/h3-7,15,17-18,22-23,25H,8-12H2,1-2H3;1H. The minimum Gasteiger partial charge on any atom is -0.488 e. The van der Waals surface area contributed by atoms with Crippen molar-refractivity contribution in [1.29, 1.82) is 0 Å². The number of para-hydroxylation sites is 1. The summed E-state index contributed by atoms with van der Waals surface area (Å²) in [5.41, 5.74) is 2.12. The SMILES string of the molecule is Cc1sc2c(c1C)C(=O)C(CNC1CCC(Oc3ccccc3)C1O)CC2.Cl. The summed E-state index contributed by atoms with van der Waals surface area (Å²) in [6.45, 7) is 4.79. The first-order valence-electron chi connectivity index (χ1n) is 9.81. The van der Waals surface area contributed by atoms with E-state index in [1.54, 1.807) is 11.3 Å². The molecule has 28 heavy (non-hydrogen) atoms. The molecule has 0 bridgehead atoms. The predicted molar refractivity (Wildman–Crippen MR) is 115 cm³/mol. The number of fused-ring (bicyclic) bond motifs is 1. The van der Waals surface area contributed by atoms with Gasteiger partial charge >= 0.3 is 0 Å². The fraction of sp³-hybridized carbons (Fsp3) is 0.500. The van der Waals surface area contributed by atoms with Crippen LogP contribution in [0, 0.1) is 19.8 Å². The van der Waals surface area contributed by atoms with Gasteiger partial charge in [0.2, 0.25) is 0 Å². The van der Waals surface area contributed by atoms with Crippen LogP contribution in [0.4, 0.5) is 0 Å². The van der Waals surface area contributed by atoms with Gasteiger partial charge in [-0.1, -0.05) is 18.2 Å². The third-order valence-electron chi connectivity index (χ3n) is 6.01. The zero-order valence-electron chi connectivity index (χ0n) is 16.3. The number of ether oxygens (including phenoxy) is 1. The van der Waals surface area contributed by atoms with Crippen LogP contribution >= 0.6 is 23.7 Å². The van der Waals surface area contributed by atoms with Gasteiger partial charge < -0.3 is 15.2 Å². The van der Waals surface area contributed by atoms with Gasteiger partial charge in [0.25, 0.3) is 0 Å². The van der Waals surface area contributed by atoms with Crippen molar-refractivity contribution >= 4 is 29.5 Å². The van der Waals surface area contributed by atoms with Crippen molar-refractivity contribution in [2.75, 3.05) is 6.54 Å². The lowest BCUT2D eigenvalue weighted by atomic mass is 9.85. The van der Waals surface area contributed by atoms with Crippen LogP contribution in [-0.2, 0) is 6.42 Å². The molecule has 0 aliphatic heterocycles. The smallest absolute Gasteiger partial charge is 0.168 e. The number of carbonyl (C=O) groups excluding carboxylic acids is 1. The molecular formula is C22H28ClNO3S. The molecule has 2 aliphatic rings. The Morgan fingerprint density at radius 3 is 2.68 bits per heavy atom. The Balaban J connectivity index is 0.00000225. The van der Waals surface area contributed by atoms with Crippen LogP contribution in [0.15, 0.2) is 30.3 Å². The van der Waals surface area contributed by atoms with Crippen molar-refractivity contribution in [2.24, 2.45) is 5.92 Å². The van der Waals surface area contributed by atoms with Crippen LogP contribution < -0.4 is 10.1 Å². The average Bonchev–Trinajstić information content (AvgIpc) is 3.16. The first kappa shape index (κ1) is 21.3. The van der Waals surface area contributed by atoms with Gasteiger partial charge in [0.15, 0.2) is 5.78 Å². The van der Waals surface area contributed by atoms with Gasteiger partial charge in [0, 0.05) is 33.8 Å². The Labute approximate surface area is 176 Å². The summed E-state index contributed by atoms with van der Waals surface area (Å²) >= 11 is 1.77. The fourth-order valence-electron chi connectivity index (χ4n) is 4.29. The molecule has 1 aromatic carbocycles. The van der Waals surface area contributed by atoms with E-state index in [-0.39, 0.29) is 36.3 Å². The summed E-state index contributed by atoms with van der Waals surface area (Å²) in [6, 6.07) is 9.63. The van der Waals surface area contributed by atoms with E-state index in [0.29, 0.717) is 6.54 Å². The number of carbonyl (C=O) groups is 1. The highest BCUT2D eigenvalue weighted by atomic mass is 35.5. The highest BCUT2D eigenvalue weighted by Crippen LogP contribution is 2.35. The number of aryl methyl sites for hydroxylation is 2. The molecule has 2 N–H and O–H groups in total. The molecule has 2 aromatic rings. The van der Waals surface area contributed by atoms with E-state index in [2.05, 4.69) is 19.2 Å². The average molecular weight is 422 g/mol. The molecule has 1 aromatic heterocycles. The van der Waals surface area contributed by atoms with Crippen molar-refractivity contribution in [3.8, 4) is 5.75 Å². The minimum absolute atomic E-state index is 0. The summed E-state index contributed by atoms with van der Waals surface area (Å²) in [6.07, 6.45) is 2.82. The van der Waals surface area contributed by atoms with Crippen LogP contribution in [0.2, 0.25) is 0 Å². The van der Waals surface area contributed by atoms with Gasteiger partial charge in [-0.2, -0.15) is 0 Å². The summed E-state index contributed by atoms with van der Waals surface area (Å²) < 4.78 is 5.94. The first-order valence-corrected chi connectivity index (χ1v) is 10.6. The third kappa shape index (κ3) is 4.13. The maximum Gasteiger partial charge on any atom is 0.168 e. The number of rotatable bonds is 5. The highest BCUT2D eigenvalue weighted by Gasteiger charge is 2.37. The molecule has 0 radical (unpaired) electrons. The molecule has 4 rings (SSSR count). The molecule has 1 saturated carbocycles. The quantitative estimate of drug-likeness (QED) is 0.763. The van der Waals surface area contributed by atoms with Crippen molar-refractivity contribution in [3.63, 3.8) is 0 Å². The van der Waals surface area contributed by atoms with Crippen LogP contribution in [-0.4, -0.2) is 35.7 Å². The largest absolute Gasteiger partial charge is 0.488 e. The number of halogens is 1. The van der Waals surface area contributed by atoms with Crippen molar-refractivity contribution in [1.82, 2.24) is 5.32 Å². The fourth-order valence-corrected chi connectivity index (χ4v) is 5.49. The van der Waals surface area contributed by atoms with Gasteiger partial charge in [-0.05, 0) is 57.2 Å². The number of thiophene rings is 1. The van der Waals surface area contributed by atoms with Crippen LogP contribution in [0.25, 0.3) is 0 Å². The van der Waals surface area contributed by atoms with Crippen molar-refractivity contribution < 1.29 is 14.6 Å². The van der Waals surface area contributed by atoms with Gasteiger partial charge in [-0.25, -0.2) is 0 Å². The first-order chi connectivity index (χ1) is 13.0. The van der Waals surface area contributed by atoms with Crippen molar-refractivity contribution in [2.45, 2.75) is 57.8 Å². The van der Waals surface area contributed by atoms with Crippen LogP contribution in [0.1, 0.15) is 44.9 Å². The topological polar surface area (TPSA) is 58.6 Å². The monoisotopic (exact) mass is 421 g/mol. The Hall–Kier alpha value is -1.40. The Morgan fingerprint density at radius 2 is 1.93 bits per heavy atom. The van der Waals surface area contributed by atoms with E-state index in [9.17, 15) is 9.90 Å². The van der Waals surface area contributed by atoms with E-state index in [4.69, 9.17) is 4.74 Å². The van der Waals surface area contributed by atoms with E-state index in [1.165, 1.54) is 9.75 Å². The lowest BCUT2D eigenvalue weighted by Gasteiger charge is -2.26. The normalized spacial score (nSPS) is 26.6. The molecule has 4 unspecified atom stereocenters. The molecule has 0 amide bonds. The van der Waals surface area contributed by atoms with Crippen LogP contribution in [0.3, 0.4) is 0 Å². The molecule has 0 spiro atoms. The van der Waals surface area contributed by atoms with Crippen LogP contribution in [0.5, 0.6) is 5.75 Å². The molecule has 0 saturated heterocycles. The number of hydrogen-bond acceptors (Lipinski definition) is 5. The highest BCUT2D eigenvalue weighted by molar-refractivity contribution is 7.12. The van der Waals surface area contributed by atoms with Gasteiger partial charge in [-0.3, -0.25) is 4.79 Å². The van der Waals surface area contributed by atoms with Gasteiger partial charge in [0.1, 0.15) is 18.0 Å². The Kier molecular flexibility index (Phi) is 6.81. The molecule has 1 heterocycles. The molecule has 2 aliphatic carbocycles. The molecular weight excluding hydrogens is 394 g/mol. The summed E-state index contributed by atoms with van der Waals surface area (Å²) in [7, 11) is 0. The zero-order valence-corrected chi connectivity index (χ0v) is 17.9. The summed E-state index contributed by atoms with van der Waals surface area (Å²) in [5, 5.41) is 14.1. The Morgan fingerprint density at radius 1 is 1.18 bits per heavy atom. The van der Waals surface area contributed by atoms with Gasteiger partial charge in [0.05, 0.1) is 0 Å². The maximum absolute atomic E-state index is 12.9. The molecule has 4 nitrogen and oxygen atoms in total. The van der Waals surface area contributed by atoms with E-state index in [0.717, 1.165) is 42.6 Å². The second-order valence-electron chi connectivity index (χ2n) is 7.73. The number of hydrogen-bond donors (Lipinski definition) is 2. The number of aliphatic hydroxyl groups is 1. The second kappa shape index (κ2) is 8.95. The maximum atomic E-state index is 12.9. The second-order valence-corrected chi connectivity index (χ2v) is 9.04. The molecule has 6 heteroatoms. The number of aliphatic hydroxyl groups excluding tert-OH is 1. The lowest BCUT2D eigenvalue weighted by molar-refractivity contribution is 0.0441.